The van der Waals surface area contributed by atoms with Gasteiger partial charge in [0.25, 0.3) is 5.97 Å². The quantitative estimate of drug-likeness (QED) is 0.0831. The molecule has 0 aromatic carbocycles. The number of hydrogen-bond donors (Lipinski definition) is 0. The summed E-state index contributed by atoms with van der Waals surface area (Å²) in [6.07, 6.45) is 20.8. The van der Waals surface area contributed by atoms with Crippen LogP contribution < -0.4 is 0 Å². The molecule has 0 amide bonds. The smallest absolute Gasteiger partial charge is 0.282 e. The Morgan fingerprint density at radius 1 is 0.531 bits per heavy atom. The summed E-state index contributed by atoms with van der Waals surface area (Å²) in [6.45, 7) is 13.7. The number of ether oxygens (including phenoxy) is 3. The van der Waals surface area contributed by atoms with Crippen LogP contribution in [0.5, 0.6) is 0 Å². The summed E-state index contributed by atoms with van der Waals surface area (Å²) in [5.74, 6) is -0.855. The van der Waals surface area contributed by atoms with E-state index in [1.54, 1.807) is 21.3 Å². The topological polar surface area (TPSA) is 27.7 Å². The first-order valence-electron chi connectivity index (χ1n) is 14.0. The van der Waals surface area contributed by atoms with Gasteiger partial charge in [0.05, 0.1) is 25.7 Å². The van der Waals surface area contributed by atoms with Crippen LogP contribution in [0.1, 0.15) is 130 Å². The summed E-state index contributed by atoms with van der Waals surface area (Å²) in [7, 11) is 4.95. The van der Waals surface area contributed by atoms with E-state index in [1.807, 2.05) is 0 Å². The molecule has 32 heavy (non-hydrogen) atoms. The molecule has 0 radical (unpaired) electrons. The van der Waals surface area contributed by atoms with Gasteiger partial charge in [-0.3, -0.25) is 0 Å². The molecule has 0 unspecified atom stereocenters. The Hall–Kier alpha value is -0.160. The number of unbranched alkanes of at least 4 members (excludes halogenated alkanes) is 8. The zero-order valence-corrected chi connectivity index (χ0v) is 23.2. The first-order chi connectivity index (χ1) is 15.5. The molecule has 4 heteroatoms. The molecule has 0 aromatic heterocycles. The summed E-state index contributed by atoms with van der Waals surface area (Å²) in [5.41, 5.74) is 0. The minimum absolute atomic E-state index is 0.793. The van der Waals surface area contributed by atoms with Crippen LogP contribution in [-0.2, 0) is 14.2 Å². The van der Waals surface area contributed by atoms with E-state index >= 15 is 0 Å². The molecular weight excluding hydrogens is 398 g/mol. The highest BCUT2D eigenvalue weighted by atomic mass is 16.9. The molecule has 4 nitrogen and oxygen atoms in total. The van der Waals surface area contributed by atoms with E-state index in [9.17, 15) is 0 Å². The molecule has 0 spiro atoms. The Kier molecular flexibility index (Phi) is 20.1. The fraction of sp³-hybridized carbons (Fsp3) is 1.00. The SMILES string of the molecule is CCCC[N+](CCCC)(CCCCCCCCCC(OC)(OC)OC)C(CCC)CCC. The van der Waals surface area contributed by atoms with Crippen molar-refractivity contribution in [2.75, 3.05) is 41.0 Å². The average Bonchev–Trinajstić information content (AvgIpc) is 2.82. The monoisotopic (exact) mass is 458 g/mol. The summed E-state index contributed by atoms with van der Waals surface area (Å²) in [6, 6.07) is 0.880. The zero-order chi connectivity index (χ0) is 24.1. The van der Waals surface area contributed by atoms with Gasteiger partial charge in [-0.05, 0) is 44.9 Å². The fourth-order valence-electron chi connectivity index (χ4n) is 5.40. The highest BCUT2D eigenvalue weighted by molar-refractivity contribution is 4.63. The van der Waals surface area contributed by atoms with Crippen molar-refractivity contribution < 1.29 is 18.7 Å². The van der Waals surface area contributed by atoms with Crippen molar-refractivity contribution in [1.82, 2.24) is 0 Å². The molecule has 0 heterocycles. The van der Waals surface area contributed by atoms with E-state index in [0.717, 1.165) is 18.9 Å². The average molecular weight is 459 g/mol. The predicted octanol–water partition coefficient (Wildman–Crippen LogP) is 8.09. The predicted molar refractivity (Wildman–Crippen MR) is 139 cm³/mol. The van der Waals surface area contributed by atoms with Gasteiger partial charge in [-0.2, -0.15) is 0 Å². The highest BCUT2D eigenvalue weighted by Crippen LogP contribution is 2.27. The summed E-state index contributed by atoms with van der Waals surface area (Å²) in [5, 5.41) is 0. The van der Waals surface area contributed by atoms with E-state index in [0.29, 0.717) is 0 Å². The lowest BCUT2D eigenvalue weighted by Crippen LogP contribution is -2.57. The lowest BCUT2D eigenvalue weighted by atomic mass is 9.98. The molecule has 0 saturated carbocycles. The normalized spacial score (nSPS) is 12.8. The zero-order valence-electron chi connectivity index (χ0n) is 23.2. The molecular formula is C28H60NO3+. The van der Waals surface area contributed by atoms with Gasteiger partial charge in [0, 0.05) is 27.8 Å². The largest absolute Gasteiger partial charge is 0.331 e. The summed E-state index contributed by atoms with van der Waals surface area (Å²) >= 11 is 0. The van der Waals surface area contributed by atoms with Crippen molar-refractivity contribution in [1.29, 1.82) is 0 Å². The second-order valence-electron chi connectivity index (χ2n) is 9.85. The van der Waals surface area contributed by atoms with Crippen molar-refractivity contribution >= 4 is 0 Å². The standard InChI is InChI=1S/C28H60NO3/c1-8-12-24-29(25-13-9-2,27(21-10-3)22-11-4)26-20-18-16-14-15-17-19-23-28(30-5,31-6)32-7/h27H,8-26H2,1-7H3/q+1. The third-order valence-corrected chi connectivity index (χ3v) is 7.45. The Morgan fingerprint density at radius 2 is 0.938 bits per heavy atom. The molecule has 0 saturated heterocycles. The molecule has 0 aliphatic carbocycles. The van der Waals surface area contributed by atoms with E-state index in [2.05, 4.69) is 27.7 Å². The van der Waals surface area contributed by atoms with Gasteiger partial charge in [-0.15, -0.1) is 0 Å². The van der Waals surface area contributed by atoms with Gasteiger partial charge in [0.1, 0.15) is 0 Å². The molecule has 0 fully saturated rings. The van der Waals surface area contributed by atoms with Crippen molar-refractivity contribution in [2.24, 2.45) is 0 Å². The van der Waals surface area contributed by atoms with Crippen LogP contribution in [0.3, 0.4) is 0 Å². The molecule has 0 bridgehead atoms. The van der Waals surface area contributed by atoms with Gasteiger partial charge in [-0.1, -0.05) is 79.1 Å². The number of rotatable bonds is 24. The van der Waals surface area contributed by atoms with Gasteiger partial charge < -0.3 is 18.7 Å². The van der Waals surface area contributed by atoms with E-state index in [1.165, 1.54) is 114 Å². The Balaban J connectivity index is 4.52. The molecule has 0 N–H and O–H groups in total. The van der Waals surface area contributed by atoms with Gasteiger partial charge in [-0.25, -0.2) is 0 Å². The number of hydrogen-bond acceptors (Lipinski definition) is 3. The summed E-state index contributed by atoms with van der Waals surface area (Å²) in [4.78, 5) is 0. The van der Waals surface area contributed by atoms with Crippen LogP contribution in [0.4, 0.5) is 0 Å². The molecule has 0 rings (SSSR count). The highest BCUT2D eigenvalue weighted by Gasteiger charge is 2.34. The van der Waals surface area contributed by atoms with Gasteiger partial charge in [0.2, 0.25) is 0 Å². The number of nitrogens with zero attached hydrogens (tertiary/aromatic N) is 1. The maximum atomic E-state index is 5.39. The first-order valence-corrected chi connectivity index (χ1v) is 14.0. The van der Waals surface area contributed by atoms with E-state index in [4.69, 9.17) is 14.2 Å². The van der Waals surface area contributed by atoms with Crippen molar-refractivity contribution in [3.8, 4) is 0 Å². The fourth-order valence-corrected chi connectivity index (χ4v) is 5.40. The minimum Gasteiger partial charge on any atom is -0.331 e. The third kappa shape index (κ3) is 12.3. The Bertz CT molecular complexity index is 376. The minimum atomic E-state index is -0.855. The lowest BCUT2D eigenvalue weighted by Gasteiger charge is -2.46. The van der Waals surface area contributed by atoms with Crippen LogP contribution in [0.2, 0.25) is 0 Å². The third-order valence-electron chi connectivity index (χ3n) is 7.45. The molecule has 0 aliphatic heterocycles. The van der Waals surface area contributed by atoms with Gasteiger partial charge in [0.15, 0.2) is 0 Å². The summed E-state index contributed by atoms with van der Waals surface area (Å²) < 4.78 is 17.6. The second-order valence-corrected chi connectivity index (χ2v) is 9.85. The lowest BCUT2D eigenvalue weighted by molar-refractivity contribution is -0.952. The molecule has 0 aliphatic rings. The Labute approximate surface area is 202 Å². The van der Waals surface area contributed by atoms with E-state index in [-0.39, 0.29) is 0 Å². The Morgan fingerprint density at radius 3 is 1.34 bits per heavy atom. The van der Waals surface area contributed by atoms with Crippen LogP contribution >= 0.6 is 0 Å². The van der Waals surface area contributed by atoms with E-state index < -0.39 is 5.97 Å². The van der Waals surface area contributed by atoms with Crippen molar-refractivity contribution in [3.63, 3.8) is 0 Å². The van der Waals surface area contributed by atoms with Crippen LogP contribution in [-0.4, -0.2) is 57.5 Å². The van der Waals surface area contributed by atoms with Crippen molar-refractivity contribution in [2.45, 2.75) is 142 Å². The molecule has 0 aromatic rings. The second kappa shape index (κ2) is 20.2. The molecule has 194 valence electrons. The maximum Gasteiger partial charge on any atom is 0.282 e. The van der Waals surface area contributed by atoms with Crippen LogP contribution in [0.25, 0.3) is 0 Å². The van der Waals surface area contributed by atoms with Crippen molar-refractivity contribution in [3.05, 3.63) is 0 Å². The van der Waals surface area contributed by atoms with Crippen LogP contribution in [0, 0.1) is 0 Å². The molecule has 0 atom stereocenters. The maximum absolute atomic E-state index is 5.39. The number of methoxy groups -OCH3 is 3. The van der Waals surface area contributed by atoms with Gasteiger partial charge >= 0.3 is 0 Å². The first kappa shape index (κ1) is 31.8. The number of quaternary nitrogens is 1. The van der Waals surface area contributed by atoms with Crippen LogP contribution in [0.15, 0.2) is 0 Å².